The number of carbonyl (C=O) groups excluding carboxylic acids is 1. The van der Waals surface area contributed by atoms with E-state index in [4.69, 9.17) is 4.74 Å². The standard InChI is InChI=1S/C18H25N5O2/c1-14-11-22(12-15(2)25-14)18(24)13-23-17(19-20-21-23)10-6-9-16-7-4-3-5-8-16/h3-5,7-8,14-15H,6,9-13H2,1-2H3/t14-,15-/m0/s1. The number of aryl methyl sites for hydroxylation is 2. The SMILES string of the molecule is C[C@H]1CN(C(=O)Cn2nnnc2CCCc2ccccc2)C[C@H](C)O1. The second kappa shape index (κ2) is 8.20. The fourth-order valence-electron chi connectivity index (χ4n) is 3.23. The number of morpholine rings is 1. The normalized spacial score (nSPS) is 20.6. The van der Waals surface area contributed by atoms with E-state index in [9.17, 15) is 4.79 Å². The molecule has 0 bridgehead atoms. The van der Waals surface area contributed by atoms with Crippen LogP contribution in [0.2, 0.25) is 0 Å². The van der Waals surface area contributed by atoms with Crippen LogP contribution >= 0.6 is 0 Å². The van der Waals surface area contributed by atoms with Crippen LogP contribution in [-0.4, -0.2) is 56.3 Å². The molecule has 0 spiro atoms. The number of aromatic nitrogens is 4. The van der Waals surface area contributed by atoms with Gasteiger partial charge >= 0.3 is 0 Å². The highest BCUT2D eigenvalue weighted by molar-refractivity contribution is 5.76. The summed E-state index contributed by atoms with van der Waals surface area (Å²) < 4.78 is 7.30. The van der Waals surface area contributed by atoms with Crippen LogP contribution in [0, 0.1) is 0 Å². The molecule has 0 saturated carbocycles. The van der Waals surface area contributed by atoms with Gasteiger partial charge in [-0.25, -0.2) is 4.68 Å². The van der Waals surface area contributed by atoms with E-state index in [1.165, 1.54) is 5.56 Å². The lowest BCUT2D eigenvalue weighted by Crippen LogP contribution is -2.49. The molecule has 1 aliphatic heterocycles. The van der Waals surface area contributed by atoms with Crippen molar-refractivity contribution in [2.45, 2.75) is 51.9 Å². The minimum Gasteiger partial charge on any atom is -0.372 e. The Morgan fingerprint density at radius 1 is 1.16 bits per heavy atom. The molecular weight excluding hydrogens is 318 g/mol. The van der Waals surface area contributed by atoms with Gasteiger partial charge in [0.15, 0.2) is 5.82 Å². The first-order chi connectivity index (χ1) is 12.1. The van der Waals surface area contributed by atoms with Crippen LogP contribution in [0.3, 0.4) is 0 Å². The van der Waals surface area contributed by atoms with Gasteiger partial charge in [-0.05, 0) is 42.7 Å². The van der Waals surface area contributed by atoms with Crippen LogP contribution in [0.25, 0.3) is 0 Å². The Hall–Kier alpha value is -2.28. The van der Waals surface area contributed by atoms with E-state index in [2.05, 4.69) is 27.7 Å². The Labute approximate surface area is 148 Å². The average Bonchev–Trinajstić information content (AvgIpc) is 3.02. The van der Waals surface area contributed by atoms with E-state index in [1.54, 1.807) is 4.68 Å². The predicted molar refractivity (Wildman–Crippen MR) is 92.9 cm³/mol. The van der Waals surface area contributed by atoms with E-state index in [-0.39, 0.29) is 24.7 Å². The molecule has 2 atom stereocenters. The van der Waals surface area contributed by atoms with Crippen LogP contribution in [0.4, 0.5) is 0 Å². The molecule has 2 aromatic rings. The molecule has 25 heavy (non-hydrogen) atoms. The molecule has 1 aromatic carbocycles. The van der Waals surface area contributed by atoms with Crippen molar-refractivity contribution >= 4 is 5.91 Å². The summed E-state index contributed by atoms with van der Waals surface area (Å²) in [7, 11) is 0. The van der Waals surface area contributed by atoms with Gasteiger partial charge in [0.2, 0.25) is 5.91 Å². The fourth-order valence-corrected chi connectivity index (χ4v) is 3.23. The van der Waals surface area contributed by atoms with E-state index < -0.39 is 0 Å². The molecule has 1 saturated heterocycles. The maximum atomic E-state index is 12.6. The highest BCUT2D eigenvalue weighted by Crippen LogP contribution is 2.12. The van der Waals surface area contributed by atoms with Crippen LogP contribution in [0.15, 0.2) is 30.3 Å². The predicted octanol–water partition coefficient (Wildman–Crippen LogP) is 1.48. The van der Waals surface area contributed by atoms with Crippen LogP contribution in [-0.2, 0) is 28.9 Å². The van der Waals surface area contributed by atoms with Crippen LogP contribution in [0.5, 0.6) is 0 Å². The summed E-state index contributed by atoms with van der Waals surface area (Å²) in [4.78, 5) is 14.4. The molecule has 1 aliphatic rings. The summed E-state index contributed by atoms with van der Waals surface area (Å²) >= 11 is 0. The molecule has 7 heteroatoms. The van der Waals surface area contributed by atoms with Crippen LogP contribution in [0.1, 0.15) is 31.7 Å². The highest BCUT2D eigenvalue weighted by atomic mass is 16.5. The minimum absolute atomic E-state index is 0.0404. The molecular formula is C18H25N5O2. The third kappa shape index (κ3) is 4.85. The van der Waals surface area contributed by atoms with Gasteiger partial charge in [-0.1, -0.05) is 30.3 Å². The van der Waals surface area contributed by atoms with Crippen molar-refractivity contribution in [3.8, 4) is 0 Å². The topological polar surface area (TPSA) is 73.1 Å². The molecule has 2 heterocycles. The van der Waals surface area contributed by atoms with Crippen LogP contribution < -0.4 is 0 Å². The fraction of sp³-hybridized carbons (Fsp3) is 0.556. The van der Waals surface area contributed by atoms with Crippen molar-refractivity contribution in [3.05, 3.63) is 41.7 Å². The maximum absolute atomic E-state index is 12.6. The highest BCUT2D eigenvalue weighted by Gasteiger charge is 2.26. The van der Waals surface area contributed by atoms with Gasteiger partial charge in [0, 0.05) is 19.5 Å². The first kappa shape index (κ1) is 17.5. The molecule has 0 radical (unpaired) electrons. The van der Waals surface area contributed by atoms with Crippen molar-refractivity contribution in [2.24, 2.45) is 0 Å². The molecule has 1 aromatic heterocycles. The van der Waals surface area contributed by atoms with Gasteiger partial charge in [0.05, 0.1) is 12.2 Å². The number of ether oxygens (including phenoxy) is 1. The van der Waals surface area contributed by atoms with E-state index >= 15 is 0 Å². The zero-order valence-corrected chi connectivity index (χ0v) is 14.8. The van der Waals surface area contributed by atoms with Gasteiger partial charge in [-0.2, -0.15) is 0 Å². The third-order valence-electron chi connectivity index (χ3n) is 4.37. The lowest BCUT2D eigenvalue weighted by molar-refractivity contribution is -0.144. The van der Waals surface area contributed by atoms with E-state index in [1.807, 2.05) is 36.9 Å². The molecule has 0 unspecified atom stereocenters. The Kier molecular flexibility index (Phi) is 5.75. The first-order valence-electron chi connectivity index (χ1n) is 8.84. The largest absolute Gasteiger partial charge is 0.372 e. The van der Waals surface area contributed by atoms with Crippen molar-refractivity contribution < 1.29 is 9.53 Å². The minimum atomic E-state index is 0.0404. The second-order valence-corrected chi connectivity index (χ2v) is 6.65. The van der Waals surface area contributed by atoms with Gasteiger partial charge in [-0.3, -0.25) is 4.79 Å². The average molecular weight is 343 g/mol. The van der Waals surface area contributed by atoms with Gasteiger partial charge in [-0.15, -0.1) is 5.10 Å². The molecule has 0 aliphatic carbocycles. The lowest BCUT2D eigenvalue weighted by Gasteiger charge is -2.35. The summed E-state index contributed by atoms with van der Waals surface area (Å²) in [5.74, 6) is 0.803. The molecule has 0 N–H and O–H groups in total. The number of carbonyl (C=O) groups is 1. The quantitative estimate of drug-likeness (QED) is 0.794. The zero-order chi connectivity index (χ0) is 17.6. The van der Waals surface area contributed by atoms with Crippen molar-refractivity contribution in [3.63, 3.8) is 0 Å². The number of nitrogens with zero attached hydrogens (tertiary/aromatic N) is 5. The van der Waals surface area contributed by atoms with Crippen molar-refractivity contribution in [1.82, 2.24) is 25.1 Å². The molecule has 3 rings (SSSR count). The maximum Gasteiger partial charge on any atom is 0.244 e. The molecule has 1 fully saturated rings. The Balaban J connectivity index is 1.53. The van der Waals surface area contributed by atoms with Crippen molar-refractivity contribution in [2.75, 3.05) is 13.1 Å². The lowest BCUT2D eigenvalue weighted by atomic mass is 10.1. The number of benzene rings is 1. The zero-order valence-electron chi connectivity index (χ0n) is 14.8. The monoisotopic (exact) mass is 343 g/mol. The molecule has 7 nitrogen and oxygen atoms in total. The Morgan fingerprint density at radius 3 is 2.60 bits per heavy atom. The smallest absolute Gasteiger partial charge is 0.244 e. The molecule has 1 amide bonds. The molecule has 134 valence electrons. The third-order valence-corrected chi connectivity index (χ3v) is 4.37. The summed E-state index contributed by atoms with van der Waals surface area (Å²) in [5.41, 5.74) is 1.30. The number of hydrogen-bond acceptors (Lipinski definition) is 5. The number of tetrazole rings is 1. The number of rotatable bonds is 6. The summed E-state index contributed by atoms with van der Waals surface area (Å²) in [6, 6.07) is 10.3. The van der Waals surface area contributed by atoms with Crippen molar-refractivity contribution in [1.29, 1.82) is 0 Å². The summed E-state index contributed by atoms with van der Waals surface area (Å²) in [5, 5.41) is 11.8. The van der Waals surface area contributed by atoms with Gasteiger partial charge < -0.3 is 9.64 Å². The summed E-state index contributed by atoms with van der Waals surface area (Å²) in [6.45, 7) is 5.40. The number of hydrogen-bond donors (Lipinski definition) is 0. The van der Waals surface area contributed by atoms with Gasteiger partial charge in [0.1, 0.15) is 6.54 Å². The second-order valence-electron chi connectivity index (χ2n) is 6.65. The van der Waals surface area contributed by atoms with Gasteiger partial charge in [0.25, 0.3) is 0 Å². The van der Waals surface area contributed by atoms with E-state index in [0.29, 0.717) is 13.1 Å². The number of amides is 1. The Bertz CT molecular complexity index is 678. The van der Waals surface area contributed by atoms with E-state index in [0.717, 1.165) is 25.1 Å². The Morgan fingerprint density at radius 2 is 1.88 bits per heavy atom. The summed E-state index contributed by atoms with van der Waals surface area (Å²) in [6.07, 6.45) is 2.80. The first-order valence-corrected chi connectivity index (χ1v) is 8.84.